The second-order valence-electron chi connectivity index (χ2n) is 3.54. The molecule has 0 heterocycles. The molecule has 11 heteroatoms. The van der Waals surface area contributed by atoms with Gasteiger partial charge in [0.1, 0.15) is 0 Å². The molecule has 0 saturated heterocycles. The first kappa shape index (κ1) is 17.6. The first-order valence-electron chi connectivity index (χ1n) is 4.47. The SMILES string of the molecule is Fc1[c-]c(F)c2c(c1F)C(F)(F)C(F)(F)C2(F)F.[Cl][Zn+]. The summed E-state index contributed by atoms with van der Waals surface area (Å²) in [6.07, 6.45) is 0. The maximum absolute atomic E-state index is 13.0. The number of hydrogen-bond acceptors (Lipinski definition) is 0. The zero-order valence-corrected chi connectivity index (χ0v) is 12.7. The van der Waals surface area contributed by atoms with Gasteiger partial charge in [0.15, 0.2) is 0 Å². The minimum absolute atomic E-state index is 0.715. The van der Waals surface area contributed by atoms with Gasteiger partial charge in [-0.2, -0.15) is 17.6 Å². The van der Waals surface area contributed by atoms with E-state index in [0.29, 0.717) is 6.07 Å². The summed E-state index contributed by atoms with van der Waals surface area (Å²) in [5, 5.41) is 0. The van der Waals surface area contributed by atoms with Crippen molar-refractivity contribution in [3.05, 3.63) is 34.6 Å². The molecular formula is C9ClF9Zn. The van der Waals surface area contributed by atoms with Crippen molar-refractivity contribution < 1.29 is 56.8 Å². The van der Waals surface area contributed by atoms with Gasteiger partial charge in [-0.15, -0.1) is 6.07 Å². The molecule has 0 unspecified atom stereocenters. The Bertz CT molecular complexity index is 543. The van der Waals surface area contributed by atoms with E-state index in [4.69, 9.17) is 9.69 Å². The predicted molar refractivity (Wildman–Crippen MR) is 43.7 cm³/mol. The maximum atomic E-state index is 13.0. The zero-order valence-electron chi connectivity index (χ0n) is 8.99. The van der Waals surface area contributed by atoms with Gasteiger partial charge >= 0.3 is 44.8 Å². The number of rotatable bonds is 0. The van der Waals surface area contributed by atoms with Crippen molar-refractivity contribution in [1.29, 1.82) is 0 Å². The Morgan fingerprint density at radius 1 is 0.750 bits per heavy atom. The van der Waals surface area contributed by atoms with Crippen LogP contribution in [0.25, 0.3) is 0 Å². The van der Waals surface area contributed by atoms with E-state index >= 15 is 0 Å². The third-order valence-corrected chi connectivity index (χ3v) is 2.52. The molecule has 0 fully saturated rings. The van der Waals surface area contributed by atoms with E-state index in [1.807, 2.05) is 0 Å². The third kappa shape index (κ3) is 1.95. The molecule has 0 atom stereocenters. The van der Waals surface area contributed by atoms with Gasteiger partial charge in [-0.3, -0.25) is 4.39 Å². The van der Waals surface area contributed by atoms with Crippen LogP contribution in [0.3, 0.4) is 0 Å². The summed E-state index contributed by atoms with van der Waals surface area (Å²) in [6, 6.07) is 0.715. The number of fused-ring (bicyclic) bond motifs is 1. The average molecular weight is 380 g/mol. The Hall–Kier alpha value is -0.497. The van der Waals surface area contributed by atoms with Crippen LogP contribution >= 0.6 is 9.69 Å². The van der Waals surface area contributed by atoms with E-state index in [9.17, 15) is 39.5 Å². The molecule has 0 saturated carbocycles. The molecule has 0 spiro atoms. The van der Waals surface area contributed by atoms with Crippen LogP contribution in [0.1, 0.15) is 11.1 Å². The summed E-state index contributed by atoms with van der Waals surface area (Å²) in [7, 11) is 4.76. The van der Waals surface area contributed by atoms with Crippen LogP contribution in [0.2, 0.25) is 0 Å². The van der Waals surface area contributed by atoms with Gasteiger partial charge in [-0.25, -0.2) is 17.6 Å². The van der Waals surface area contributed by atoms with Gasteiger partial charge in [0.25, 0.3) is 0 Å². The van der Waals surface area contributed by atoms with Gasteiger partial charge in [0.05, 0.1) is 5.82 Å². The number of alkyl halides is 6. The number of hydrogen-bond donors (Lipinski definition) is 0. The summed E-state index contributed by atoms with van der Waals surface area (Å²) in [4.78, 5) is 0. The molecule has 1 aromatic rings. The van der Waals surface area contributed by atoms with Crippen molar-refractivity contribution >= 4 is 9.69 Å². The van der Waals surface area contributed by atoms with Crippen LogP contribution < -0.4 is 0 Å². The molecule has 0 amide bonds. The molecule has 108 valence electrons. The van der Waals surface area contributed by atoms with Crippen molar-refractivity contribution in [2.24, 2.45) is 0 Å². The molecule has 0 aromatic heterocycles. The number of halogens is 10. The topological polar surface area (TPSA) is 0 Å². The third-order valence-electron chi connectivity index (χ3n) is 2.52. The Morgan fingerprint density at radius 3 is 1.60 bits per heavy atom. The van der Waals surface area contributed by atoms with E-state index < -0.39 is 46.3 Å². The van der Waals surface area contributed by atoms with Crippen molar-refractivity contribution in [1.82, 2.24) is 0 Å². The summed E-state index contributed by atoms with van der Waals surface area (Å²) >= 11 is 0.847. The molecule has 0 aliphatic heterocycles. The van der Waals surface area contributed by atoms with Crippen LogP contribution in [0, 0.1) is 23.5 Å². The van der Waals surface area contributed by atoms with Gasteiger partial charge in [0, 0.05) is 11.6 Å². The zero-order chi connectivity index (χ0) is 16.1. The second kappa shape index (κ2) is 5.05. The average Bonchev–Trinajstić information content (AvgIpc) is 2.44. The van der Waals surface area contributed by atoms with E-state index in [-0.39, 0.29) is 0 Å². The normalized spacial score (nSPS) is 21.0. The van der Waals surface area contributed by atoms with Crippen LogP contribution in [0.15, 0.2) is 0 Å². The standard InChI is InChI=1S/C9F9.ClH.Zn/c10-2-1-3(11)6(12)5-4(2)7(13,14)9(17,18)8(5,15)16;;/h;1H;/q-1;;+2/p-1. The van der Waals surface area contributed by atoms with Crippen molar-refractivity contribution in [3.63, 3.8) is 0 Å². The summed E-state index contributed by atoms with van der Waals surface area (Å²) < 4.78 is 116. The van der Waals surface area contributed by atoms with E-state index in [2.05, 4.69) is 0 Å². The molecule has 1 aromatic carbocycles. The molecule has 20 heavy (non-hydrogen) atoms. The van der Waals surface area contributed by atoms with Gasteiger partial charge in [0.2, 0.25) is 0 Å². The molecule has 1 aliphatic carbocycles. The van der Waals surface area contributed by atoms with E-state index in [1.165, 1.54) is 0 Å². The van der Waals surface area contributed by atoms with Crippen molar-refractivity contribution in [2.75, 3.05) is 0 Å². The Balaban J connectivity index is 0.000000956. The van der Waals surface area contributed by atoms with Crippen LogP contribution in [0.5, 0.6) is 0 Å². The predicted octanol–water partition coefficient (Wildman–Crippen LogP) is 4.42. The molecule has 0 N–H and O–H groups in total. The van der Waals surface area contributed by atoms with Gasteiger partial charge in [-0.1, -0.05) is 0 Å². The Kier molecular flexibility index (Phi) is 4.43. The van der Waals surface area contributed by atoms with Crippen molar-refractivity contribution in [2.45, 2.75) is 17.8 Å². The molecule has 0 nitrogen and oxygen atoms in total. The Labute approximate surface area is 119 Å². The summed E-state index contributed by atoms with van der Waals surface area (Å²) in [5.41, 5.74) is -5.25. The van der Waals surface area contributed by atoms with Crippen LogP contribution in [-0.4, -0.2) is 5.92 Å². The summed E-state index contributed by atoms with van der Waals surface area (Å²) in [6.45, 7) is 0. The number of benzene rings is 1. The molecule has 2 rings (SSSR count). The summed E-state index contributed by atoms with van der Waals surface area (Å²) in [5.74, 6) is -25.0. The first-order chi connectivity index (χ1) is 8.96. The van der Waals surface area contributed by atoms with Crippen LogP contribution in [-0.2, 0) is 29.2 Å². The van der Waals surface area contributed by atoms with E-state index in [0.717, 1.165) is 17.3 Å². The van der Waals surface area contributed by atoms with Crippen LogP contribution in [0.4, 0.5) is 39.5 Å². The van der Waals surface area contributed by atoms with Gasteiger partial charge < -0.3 is 0 Å². The fourth-order valence-corrected chi connectivity index (χ4v) is 1.64. The van der Waals surface area contributed by atoms with Gasteiger partial charge in [-0.05, 0) is 11.1 Å². The Morgan fingerprint density at radius 2 is 1.15 bits per heavy atom. The second-order valence-corrected chi connectivity index (χ2v) is 3.54. The minimum atomic E-state index is -6.06. The molecule has 0 radical (unpaired) electrons. The van der Waals surface area contributed by atoms with Crippen molar-refractivity contribution in [3.8, 4) is 0 Å². The monoisotopic (exact) mass is 378 g/mol. The van der Waals surface area contributed by atoms with E-state index in [1.54, 1.807) is 0 Å². The first-order valence-corrected chi connectivity index (χ1v) is 8.37. The fourth-order valence-electron chi connectivity index (χ4n) is 1.64. The molecule has 1 aliphatic rings. The quantitative estimate of drug-likeness (QED) is 0.271. The fraction of sp³-hybridized carbons (Fsp3) is 0.333. The molecule has 0 bridgehead atoms. The molecular weight excluding hydrogens is 380 g/mol.